The molecule has 104 valence electrons. The van der Waals surface area contributed by atoms with Crippen molar-refractivity contribution in [3.63, 3.8) is 0 Å². The summed E-state index contributed by atoms with van der Waals surface area (Å²) in [6, 6.07) is -0.126. The quantitative estimate of drug-likeness (QED) is 0.686. The zero-order valence-corrected chi connectivity index (χ0v) is 11.7. The first-order valence-corrected chi connectivity index (χ1v) is 6.11. The van der Waals surface area contributed by atoms with Gasteiger partial charge in [-0.05, 0) is 34.1 Å². The van der Waals surface area contributed by atoms with Gasteiger partial charge in [-0.1, -0.05) is 6.08 Å². The molecular weight excluding hydrogens is 232 g/mol. The number of nitrogens with zero attached hydrogens (tertiary/aromatic N) is 1. The average molecular weight is 256 g/mol. The predicted molar refractivity (Wildman–Crippen MR) is 71.5 cm³/mol. The Labute approximate surface area is 109 Å². The first-order valence-electron chi connectivity index (χ1n) is 6.11. The van der Waals surface area contributed by atoms with E-state index in [0.29, 0.717) is 13.0 Å². The summed E-state index contributed by atoms with van der Waals surface area (Å²) >= 11 is 0. The van der Waals surface area contributed by atoms with E-state index in [1.54, 1.807) is 11.0 Å². The van der Waals surface area contributed by atoms with E-state index in [2.05, 4.69) is 11.9 Å². The third kappa shape index (κ3) is 6.27. The zero-order chi connectivity index (χ0) is 14.3. The van der Waals surface area contributed by atoms with Gasteiger partial charge in [0.25, 0.3) is 0 Å². The molecular formula is C13H24N2O3. The van der Waals surface area contributed by atoms with Crippen LogP contribution in [-0.4, -0.2) is 40.1 Å². The number of urea groups is 1. The fraction of sp³-hybridized carbons (Fsp3) is 0.692. The average Bonchev–Trinajstić information content (AvgIpc) is 2.22. The first kappa shape index (κ1) is 16.5. The van der Waals surface area contributed by atoms with E-state index < -0.39 is 11.5 Å². The predicted octanol–water partition coefficient (Wildman–Crippen LogP) is 2.24. The van der Waals surface area contributed by atoms with Crippen molar-refractivity contribution >= 4 is 12.0 Å². The van der Waals surface area contributed by atoms with Crippen molar-refractivity contribution in [1.82, 2.24) is 10.2 Å². The van der Waals surface area contributed by atoms with Crippen LogP contribution in [-0.2, 0) is 4.79 Å². The highest BCUT2D eigenvalue weighted by Gasteiger charge is 2.25. The third-order valence-electron chi connectivity index (χ3n) is 2.62. The van der Waals surface area contributed by atoms with E-state index >= 15 is 0 Å². The number of carboxylic acids is 1. The summed E-state index contributed by atoms with van der Waals surface area (Å²) in [5, 5.41) is 11.5. The highest BCUT2D eigenvalue weighted by atomic mass is 16.4. The van der Waals surface area contributed by atoms with Gasteiger partial charge < -0.3 is 15.3 Å². The van der Waals surface area contributed by atoms with Crippen molar-refractivity contribution in [2.75, 3.05) is 6.54 Å². The van der Waals surface area contributed by atoms with Crippen molar-refractivity contribution in [3.05, 3.63) is 12.7 Å². The summed E-state index contributed by atoms with van der Waals surface area (Å²) in [6.07, 6.45) is 2.11. The van der Waals surface area contributed by atoms with Crippen molar-refractivity contribution in [2.24, 2.45) is 0 Å². The normalized spacial score (nSPS) is 11.2. The maximum Gasteiger partial charge on any atom is 0.318 e. The number of rotatable bonds is 7. The van der Waals surface area contributed by atoms with Crippen LogP contribution in [0.4, 0.5) is 4.79 Å². The molecule has 0 aliphatic rings. The Morgan fingerprint density at radius 2 is 2.00 bits per heavy atom. The van der Waals surface area contributed by atoms with Crippen LogP contribution in [0.15, 0.2) is 12.7 Å². The fourth-order valence-electron chi connectivity index (χ4n) is 1.51. The Morgan fingerprint density at radius 3 is 2.39 bits per heavy atom. The van der Waals surface area contributed by atoms with E-state index in [4.69, 9.17) is 5.11 Å². The molecule has 0 bridgehead atoms. The summed E-state index contributed by atoms with van der Waals surface area (Å²) in [5.74, 6) is -0.857. The second-order valence-corrected chi connectivity index (χ2v) is 5.24. The van der Waals surface area contributed by atoms with Crippen LogP contribution < -0.4 is 5.32 Å². The molecule has 0 atom stereocenters. The van der Waals surface area contributed by atoms with E-state index in [0.717, 1.165) is 0 Å². The summed E-state index contributed by atoms with van der Waals surface area (Å²) in [4.78, 5) is 24.2. The molecule has 18 heavy (non-hydrogen) atoms. The lowest BCUT2D eigenvalue weighted by atomic mass is 9.98. The highest BCUT2D eigenvalue weighted by molar-refractivity contribution is 5.75. The van der Waals surface area contributed by atoms with Crippen molar-refractivity contribution in [1.29, 1.82) is 0 Å². The van der Waals surface area contributed by atoms with E-state index in [1.165, 1.54) is 0 Å². The highest BCUT2D eigenvalue weighted by Crippen LogP contribution is 2.12. The number of aliphatic carboxylic acids is 1. The Morgan fingerprint density at radius 1 is 1.44 bits per heavy atom. The second kappa shape index (κ2) is 7.03. The minimum Gasteiger partial charge on any atom is -0.481 e. The van der Waals surface area contributed by atoms with Gasteiger partial charge in [0, 0.05) is 24.5 Å². The molecule has 0 saturated carbocycles. The molecule has 0 unspecified atom stereocenters. The third-order valence-corrected chi connectivity index (χ3v) is 2.62. The molecule has 0 radical (unpaired) electrons. The van der Waals surface area contributed by atoms with Gasteiger partial charge >= 0.3 is 12.0 Å². The Bertz CT molecular complexity index is 311. The van der Waals surface area contributed by atoms with Gasteiger partial charge in [0.15, 0.2) is 0 Å². The van der Waals surface area contributed by atoms with Gasteiger partial charge in [-0.25, -0.2) is 4.79 Å². The fourth-order valence-corrected chi connectivity index (χ4v) is 1.51. The number of carbonyl (C=O) groups is 2. The number of carbonyl (C=O) groups excluding carboxylic acids is 1. The van der Waals surface area contributed by atoms with Gasteiger partial charge in [0.05, 0.1) is 0 Å². The Kier molecular flexibility index (Phi) is 6.44. The Hall–Kier alpha value is -1.52. The van der Waals surface area contributed by atoms with Gasteiger partial charge in [0.2, 0.25) is 0 Å². The molecule has 0 saturated heterocycles. The molecule has 0 aromatic rings. The SMILES string of the molecule is C=CCN(C(=O)NC(C)(C)CCC(=O)O)C(C)C. The topological polar surface area (TPSA) is 69.6 Å². The molecule has 0 spiro atoms. The molecule has 0 fully saturated rings. The van der Waals surface area contributed by atoms with Crippen molar-refractivity contribution < 1.29 is 14.7 Å². The number of carboxylic acid groups (broad SMARTS) is 1. The van der Waals surface area contributed by atoms with Crippen LogP contribution >= 0.6 is 0 Å². The van der Waals surface area contributed by atoms with Crippen LogP contribution in [0, 0.1) is 0 Å². The van der Waals surface area contributed by atoms with Crippen molar-refractivity contribution in [3.8, 4) is 0 Å². The van der Waals surface area contributed by atoms with Gasteiger partial charge in [-0.3, -0.25) is 4.79 Å². The minimum atomic E-state index is -0.857. The van der Waals surface area contributed by atoms with Crippen LogP contribution in [0.25, 0.3) is 0 Å². The molecule has 5 nitrogen and oxygen atoms in total. The maximum absolute atomic E-state index is 12.1. The lowest BCUT2D eigenvalue weighted by Gasteiger charge is -2.32. The number of nitrogens with one attached hydrogen (secondary N) is 1. The molecule has 0 aromatic heterocycles. The summed E-state index contributed by atoms with van der Waals surface area (Å²) in [5.41, 5.74) is -0.538. The molecule has 0 rings (SSSR count). The summed E-state index contributed by atoms with van der Waals surface area (Å²) < 4.78 is 0. The Balaban J connectivity index is 4.50. The van der Waals surface area contributed by atoms with Crippen molar-refractivity contribution in [2.45, 2.75) is 52.1 Å². The summed E-state index contributed by atoms with van der Waals surface area (Å²) in [7, 11) is 0. The van der Waals surface area contributed by atoms with Gasteiger partial charge in [-0.2, -0.15) is 0 Å². The largest absolute Gasteiger partial charge is 0.481 e. The van der Waals surface area contributed by atoms with Gasteiger partial charge in [0.1, 0.15) is 0 Å². The van der Waals surface area contributed by atoms with Crippen LogP contribution in [0.1, 0.15) is 40.5 Å². The van der Waals surface area contributed by atoms with E-state index in [9.17, 15) is 9.59 Å². The molecule has 0 aliphatic heterocycles. The monoisotopic (exact) mass is 256 g/mol. The second-order valence-electron chi connectivity index (χ2n) is 5.24. The smallest absolute Gasteiger partial charge is 0.318 e. The van der Waals surface area contributed by atoms with Crippen LogP contribution in [0.2, 0.25) is 0 Å². The molecule has 2 N–H and O–H groups in total. The first-order chi connectivity index (χ1) is 8.19. The molecule has 0 aromatic carbocycles. The molecule has 0 aliphatic carbocycles. The maximum atomic E-state index is 12.1. The van der Waals surface area contributed by atoms with E-state index in [-0.39, 0.29) is 18.5 Å². The minimum absolute atomic E-state index is 0.0381. The zero-order valence-electron chi connectivity index (χ0n) is 11.7. The molecule has 2 amide bonds. The lowest BCUT2D eigenvalue weighted by Crippen LogP contribution is -2.52. The summed E-state index contributed by atoms with van der Waals surface area (Å²) in [6.45, 7) is 11.6. The van der Waals surface area contributed by atoms with E-state index in [1.807, 2.05) is 27.7 Å². The molecule has 0 heterocycles. The molecule has 5 heteroatoms. The number of hydrogen-bond donors (Lipinski definition) is 2. The van der Waals surface area contributed by atoms with Crippen LogP contribution in [0.5, 0.6) is 0 Å². The van der Waals surface area contributed by atoms with Gasteiger partial charge in [-0.15, -0.1) is 6.58 Å². The standard InChI is InChI=1S/C13H24N2O3/c1-6-9-15(10(2)3)12(18)14-13(4,5)8-7-11(16)17/h6,10H,1,7-9H2,2-5H3,(H,14,18)(H,16,17). The number of hydrogen-bond acceptors (Lipinski definition) is 2. The van der Waals surface area contributed by atoms with Crippen LogP contribution in [0.3, 0.4) is 0 Å². The lowest BCUT2D eigenvalue weighted by molar-refractivity contribution is -0.137. The number of amides is 2.